The fraction of sp³-hybridized carbons (Fsp3) is 0.824. The lowest BCUT2D eigenvalue weighted by atomic mass is 10.0. The molecule has 1 aromatic heterocycles. The van der Waals surface area contributed by atoms with E-state index in [2.05, 4.69) is 33.7 Å². The second-order valence-electron chi connectivity index (χ2n) is 7.21. The lowest BCUT2D eigenvalue weighted by Crippen LogP contribution is -2.53. The summed E-state index contributed by atoms with van der Waals surface area (Å²) in [6, 6.07) is 1.38. The zero-order valence-electron chi connectivity index (χ0n) is 14.0. The van der Waals surface area contributed by atoms with Crippen molar-refractivity contribution in [3.63, 3.8) is 0 Å². The Hall–Kier alpha value is -0.910. The molecule has 0 bridgehead atoms. The zero-order valence-corrected chi connectivity index (χ0v) is 14.0. The van der Waals surface area contributed by atoms with Crippen molar-refractivity contribution in [1.29, 1.82) is 0 Å². The van der Waals surface area contributed by atoms with Crippen LogP contribution in [-0.2, 0) is 13.6 Å². The van der Waals surface area contributed by atoms with Gasteiger partial charge in [0.1, 0.15) is 5.82 Å². The van der Waals surface area contributed by atoms with Gasteiger partial charge in [-0.05, 0) is 19.8 Å². The van der Waals surface area contributed by atoms with Gasteiger partial charge in [-0.3, -0.25) is 9.80 Å². The Labute approximate surface area is 133 Å². The van der Waals surface area contributed by atoms with E-state index in [1.165, 1.54) is 63.3 Å². The first-order chi connectivity index (χ1) is 10.7. The molecule has 2 fully saturated rings. The molecule has 4 rings (SSSR count). The average molecular weight is 303 g/mol. The molecular formula is C17H29N5. The highest BCUT2D eigenvalue weighted by molar-refractivity contribution is 5.24. The van der Waals surface area contributed by atoms with Gasteiger partial charge in [0.15, 0.2) is 0 Å². The highest BCUT2D eigenvalue weighted by atomic mass is 15.3. The molecule has 1 atom stereocenters. The zero-order chi connectivity index (χ0) is 15.1. The number of imidazole rings is 1. The van der Waals surface area contributed by atoms with Crippen LogP contribution < -0.4 is 5.32 Å². The summed E-state index contributed by atoms with van der Waals surface area (Å²) in [4.78, 5) is 10.2. The van der Waals surface area contributed by atoms with E-state index in [9.17, 15) is 0 Å². The summed E-state index contributed by atoms with van der Waals surface area (Å²) in [7, 11) is 2.17. The molecule has 0 amide bonds. The lowest BCUT2D eigenvalue weighted by Gasteiger charge is -2.42. The number of piperazine rings is 1. The van der Waals surface area contributed by atoms with Gasteiger partial charge in [0.2, 0.25) is 0 Å². The summed E-state index contributed by atoms with van der Waals surface area (Å²) in [5.74, 6) is 1.14. The van der Waals surface area contributed by atoms with Crippen LogP contribution in [-0.4, -0.2) is 58.1 Å². The molecule has 1 saturated heterocycles. The summed E-state index contributed by atoms with van der Waals surface area (Å²) >= 11 is 0. The first-order valence-electron chi connectivity index (χ1n) is 8.95. The molecule has 5 heteroatoms. The molecule has 0 radical (unpaired) electrons. The number of aryl methyl sites for hydroxylation is 1. The third-order valence-electron chi connectivity index (χ3n) is 6.02. The van der Waals surface area contributed by atoms with Gasteiger partial charge in [0, 0.05) is 52.4 Å². The predicted octanol–water partition coefficient (Wildman–Crippen LogP) is 1.43. The van der Waals surface area contributed by atoms with Crippen molar-refractivity contribution < 1.29 is 0 Å². The van der Waals surface area contributed by atoms with Crippen molar-refractivity contribution in [1.82, 2.24) is 24.7 Å². The minimum atomic E-state index is 0.501. The Morgan fingerprint density at radius 3 is 2.45 bits per heavy atom. The SMILES string of the molecule is Cc1nc2c(n1C)C(N1CCN(C3CCCC3)CC1)CNC2. The van der Waals surface area contributed by atoms with Crippen LogP contribution in [0.15, 0.2) is 0 Å². The minimum absolute atomic E-state index is 0.501. The molecule has 22 heavy (non-hydrogen) atoms. The van der Waals surface area contributed by atoms with Crippen LogP contribution in [0, 0.1) is 6.92 Å². The fourth-order valence-electron chi connectivity index (χ4n) is 4.65. The normalized spacial score (nSPS) is 28.2. The molecule has 2 aliphatic heterocycles. The molecule has 5 nitrogen and oxygen atoms in total. The maximum absolute atomic E-state index is 4.74. The number of aromatic nitrogens is 2. The molecule has 1 N–H and O–H groups in total. The van der Waals surface area contributed by atoms with Crippen LogP contribution in [0.4, 0.5) is 0 Å². The van der Waals surface area contributed by atoms with Crippen molar-refractivity contribution in [3.05, 3.63) is 17.2 Å². The number of fused-ring (bicyclic) bond motifs is 1. The van der Waals surface area contributed by atoms with E-state index in [0.29, 0.717) is 6.04 Å². The van der Waals surface area contributed by atoms with Gasteiger partial charge in [-0.1, -0.05) is 12.8 Å². The molecule has 3 aliphatic rings. The number of nitrogens with zero attached hydrogens (tertiary/aromatic N) is 4. The van der Waals surface area contributed by atoms with E-state index in [1.807, 2.05) is 0 Å². The maximum Gasteiger partial charge on any atom is 0.105 e. The van der Waals surface area contributed by atoms with E-state index in [1.54, 1.807) is 0 Å². The number of nitrogens with one attached hydrogen (secondary N) is 1. The second kappa shape index (κ2) is 5.95. The van der Waals surface area contributed by atoms with Crippen molar-refractivity contribution in [3.8, 4) is 0 Å². The van der Waals surface area contributed by atoms with Crippen LogP contribution in [0.3, 0.4) is 0 Å². The highest BCUT2D eigenvalue weighted by Crippen LogP contribution is 2.30. The van der Waals surface area contributed by atoms with Crippen molar-refractivity contribution >= 4 is 0 Å². The maximum atomic E-state index is 4.74. The molecule has 122 valence electrons. The summed E-state index contributed by atoms with van der Waals surface area (Å²) in [6.45, 7) is 9.00. The second-order valence-corrected chi connectivity index (χ2v) is 7.21. The van der Waals surface area contributed by atoms with Crippen LogP contribution in [0.1, 0.15) is 48.9 Å². The van der Waals surface area contributed by atoms with Gasteiger partial charge >= 0.3 is 0 Å². The largest absolute Gasteiger partial charge is 0.334 e. The fourth-order valence-corrected chi connectivity index (χ4v) is 4.65. The smallest absolute Gasteiger partial charge is 0.105 e. The molecule has 1 aromatic rings. The Balaban J connectivity index is 1.46. The Bertz CT molecular complexity index is 523. The third-order valence-corrected chi connectivity index (χ3v) is 6.02. The first kappa shape index (κ1) is 14.7. The van der Waals surface area contributed by atoms with E-state index in [-0.39, 0.29) is 0 Å². The number of hydrogen-bond acceptors (Lipinski definition) is 4. The van der Waals surface area contributed by atoms with E-state index in [0.717, 1.165) is 25.0 Å². The number of hydrogen-bond donors (Lipinski definition) is 1. The Morgan fingerprint density at radius 1 is 1.05 bits per heavy atom. The van der Waals surface area contributed by atoms with Crippen LogP contribution in [0.5, 0.6) is 0 Å². The van der Waals surface area contributed by atoms with Crippen molar-refractivity contribution in [2.75, 3.05) is 32.7 Å². The summed E-state index contributed by atoms with van der Waals surface area (Å²) in [6.07, 6.45) is 5.73. The first-order valence-corrected chi connectivity index (χ1v) is 8.95. The van der Waals surface area contributed by atoms with Gasteiger partial charge in [0.05, 0.1) is 17.4 Å². The lowest BCUT2D eigenvalue weighted by molar-refractivity contribution is 0.0649. The summed E-state index contributed by atoms with van der Waals surface area (Å²) < 4.78 is 2.31. The minimum Gasteiger partial charge on any atom is -0.334 e. The average Bonchev–Trinajstić information content (AvgIpc) is 3.17. The van der Waals surface area contributed by atoms with Crippen LogP contribution in [0.2, 0.25) is 0 Å². The van der Waals surface area contributed by atoms with Gasteiger partial charge in [-0.15, -0.1) is 0 Å². The third kappa shape index (κ3) is 2.49. The predicted molar refractivity (Wildman–Crippen MR) is 87.8 cm³/mol. The van der Waals surface area contributed by atoms with E-state index < -0.39 is 0 Å². The molecule has 0 spiro atoms. The van der Waals surface area contributed by atoms with Crippen molar-refractivity contribution in [2.24, 2.45) is 7.05 Å². The topological polar surface area (TPSA) is 36.3 Å². The molecule has 1 unspecified atom stereocenters. The van der Waals surface area contributed by atoms with Gasteiger partial charge < -0.3 is 9.88 Å². The molecule has 1 aliphatic carbocycles. The van der Waals surface area contributed by atoms with Gasteiger partial charge in [0.25, 0.3) is 0 Å². The Kier molecular flexibility index (Phi) is 3.96. The van der Waals surface area contributed by atoms with E-state index in [4.69, 9.17) is 4.98 Å². The molecule has 3 heterocycles. The van der Waals surface area contributed by atoms with Crippen LogP contribution in [0.25, 0.3) is 0 Å². The highest BCUT2D eigenvalue weighted by Gasteiger charge is 2.33. The van der Waals surface area contributed by atoms with Gasteiger partial charge in [-0.25, -0.2) is 4.98 Å². The monoisotopic (exact) mass is 303 g/mol. The number of rotatable bonds is 2. The molecule has 1 saturated carbocycles. The van der Waals surface area contributed by atoms with Gasteiger partial charge in [-0.2, -0.15) is 0 Å². The molecule has 0 aromatic carbocycles. The molecular weight excluding hydrogens is 274 g/mol. The standard InChI is InChI=1S/C17H29N5/c1-13-19-15-11-18-12-16(17(15)20(13)2)22-9-7-21(8-10-22)14-5-3-4-6-14/h14,16,18H,3-12H2,1-2H3. The summed E-state index contributed by atoms with van der Waals surface area (Å²) in [5, 5.41) is 3.56. The quantitative estimate of drug-likeness (QED) is 0.897. The summed E-state index contributed by atoms with van der Waals surface area (Å²) in [5.41, 5.74) is 2.71. The van der Waals surface area contributed by atoms with Crippen LogP contribution >= 0.6 is 0 Å². The van der Waals surface area contributed by atoms with E-state index >= 15 is 0 Å². The Morgan fingerprint density at radius 2 is 1.73 bits per heavy atom. The van der Waals surface area contributed by atoms with Crippen molar-refractivity contribution in [2.45, 2.75) is 51.2 Å².